The van der Waals surface area contributed by atoms with Gasteiger partial charge in [0.25, 0.3) is 0 Å². The van der Waals surface area contributed by atoms with Crippen LogP contribution in [0.25, 0.3) is 0 Å². The van der Waals surface area contributed by atoms with Gasteiger partial charge >= 0.3 is 0 Å². The summed E-state index contributed by atoms with van der Waals surface area (Å²) in [6, 6.07) is 4.81. The Morgan fingerprint density at radius 1 is 1.18 bits per heavy atom. The predicted molar refractivity (Wildman–Crippen MR) is 83.7 cm³/mol. The SMILES string of the molecule is CC(=O)Nc1ccc(N2C(=O)[C@@H]3CCCC[C@H]3C2=O)cc1Cl. The van der Waals surface area contributed by atoms with Crippen LogP contribution in [0.4, 0.5) is 11.4 Å². The number of carbonyl (C=O) groups is 3. The first kappa shape index (κ1) is 15.0. The number of hydrogen-bond acceptors (Lipinski definition) is 3. The van der Waals surface area contributed by atoms with Crippen molar-refractivity contribution in [2.24, 2.45) is 11.8 Å². The molecule has 3 rings (SSSR count). The molecule has 0 radical (unpaired) electrons. The highest BCUT2D eigenvalue weighted by Crippen LogP contribution is 2.41. The van der Waals surface area contributed by atoms with E-state index in [1.54, 1.807) is 18.2 Å². The summed E-state index contributed by atoms with van der Waals surface area (Å²) in [5.41, 5.74) is 0.943. The van der Waals surface area contributed by atoms with E-state index >= 15 is 0 Å². The maximum absolute atomic E-state index is 12.5. The van der Waals surface area contributed by atoms with Crippen LogP contribution in [0.3, 0.4) is 0 Å². The summed E-state index contributed by atoms with van der Waals surface area (Å²) in [5, 5.41) is 2.91. The number of rotatable bonds is 2. The van der Waals surface area contributed by atoms with E-state index in [1.807, 2.05) is 0 Å². The molecule has 1 saturated heterocycles. The molecule has 5 nitrogen and oxygen atoms in total. The van der Waals surface area contributed by atoms with E-state index in [9.17, 15) is 14.4 Å². The van der Waals surface area contributed by atoms with Gasteiger partial charge in [0.2, 0.25) is 17.7 Å². The minimum Gasteiger partial charge on any atom is -0.325 e. The molecule has 0 aromatic heterocycles. The number of fused-ring (bicyclic) bond motifs is 1. The van der Waals surface area contributed by atoms with Crippen LogP contribution in [0, 0.1) is 11.8 Å². The van der Waals surface area contributed by atoms with Gasteiger partial charge < -0.3 is 5.32 Å². The summed E-state index contributed by atoms with van der Waals surface area (Å²) >= 11 is 6.14. The van der Waals surface area contributed by atoms with Crippen LogP contribution in [-0.4, -0.2) is 17.7 Å². The van der Waals surface area contributed by atoms with Gasteiger partial charge in [0.1, 0.15) is 0 Å². The Labute approximate surface area is 133 Å². The fourth-order valence-electron chi connectivity index (χ4n) is 3.35. The summed E-state index contributed by atoms with van der Waals surface area (Å²) in [7, 11) is 0. The highest BCUT2D eigenvalue weighted by atomic mass is 35.5. The summed E-state index contributed by atoms with van der Waals surface area (Å²) in [6.45, 7) is 1.39. The molecule has 1 N–H and O–H groups in total. The Hall–Kier alpha value is -1.88. The molecule has 116 valence electrons. The molecule has 1 aliphatic heterocycles. The van der Waals surface area contributed by atoms with Crippen molar-refractivity contribution in [1.29, 1.82) is 0 Å². The fourth-order valence-corrected chi connectivity index (χ4v) is 3.57. The lowest BCUT2D eigenvalue weighted by Gasteiger charge is -2.19. The lowest BCUT2D eigenvalue weighted by Crippen LogP contribution is -2.30. The van der Waals surface area contributed by atoms with E-state index in [1.165, 1.54) is 11.8 Å². The number of anilines is 2. The van der Waals surface area contributed by atoms with Crippen LogP contribution in [0.5, 0.6) is 0 Å². The number of benzene rings is 1. The Kier molecular flexibility index (Phi) is 3.91. The molecule has 0 bridgehead atoms. The topological polar surface area (TPSA) is 66.5 Å². The monoisotopic (exact) mass is 320 g/mol. The first-order valence-corrected chi connectivity index (χ1v) is 7.82. The van der Waals surface area contributed by atoms with Crippen LogP contribution in [0.15, 0.2) is 18.2 Å². The van der Waals surface area contributed by atoms with Crippen LogP contribution in [0.2, 0.25) is 5.02 Å². The van der Waals surface area contributed by atoms with Crippen molar-refractivity contribution in [3.05, 3.63) is 23.2 Å². The molecule has 1 aromatic rings. The summed E-state index contributed by atoms with van der Waals surface area (Å²) < 4.78 is 0. The average Bonchev–Trinajstić information content (AvgIpc) is 2.73. The molecule has 1 aromatic carbocycles. The van der Waals surface area contributed by atoms with Crippen molar-refractivity contribution in [2.45, 2.75) is 32.6 Å². The molecule has 2 aliphatic rings. The van der Waals surface area contributed by atoms with Crippen LogP contribution in [0.1, 0.15) is 32.6 Å². The Morgan fingerprint density at radius 3 is 2.27 bits per heavy atom. The Bertz CT molecular complexity index is 635. The van der Waals surface area contributed by atoms with E-state index < -0.39 is 0 Å². The van der Waals surface area contributed by atoms with Crippen molar-refractivity contribution >= 4 is 40.7 Å². The fraction of sp³-hybridized carbons (Fsp3) is 0.438. The maximum atomic E-state index is 12.5. The second kappa shape index (κ2) is 5.72. The van der Waals surface area contributed by atoms with Gasteiger partial charge in [-0.2, -0.15) is 0 Å². The van der Waals surface area contributed by atoms with E-state index in [0.29, 0.717) is 16.4 Å². The molecular formula is C16H17ClN2O3. The van der Waals surface area contributed by atoms with Gasteiger partial charge in [0, 0.05) is 6.92 Å². The van der Waals surface area contributed by atoms with Crippen molar-refractivity contribution in [2.75, 3.05) is 10.2 Å². The molecular weight excluding hydrogens is 304 g/mol. The smallest absolute Gasteiger partial charge is 0.237 e. The molecule has 3 amide bonds. The molecule has 0 unspecified atom stereocenters. The summed E-state index contributed by atoms with van der Waals surface area (Å²) in [6.07, 6.45) is 3.55. The lowest BCUT2D eigenvalue weighted by molar-refractivity contribution is -0.122. The van der Waals surface area contributed by atoms with Crippen molar-refractivity contribution in [3.8, 4) is 0 Å². The zero-order valence-electron chi connectivity index (χ0n) is 12.3. The van der Waals surface area contributed by atoms with E-state index in [4.69, 9.17) is 11.6 Å². The van der Waals surface area contributed by atoms with Crippen LogP contribution < -0.4 is 10.2 Å². The zero-order valence-corrected chi connectivity index (χ0v) is 13.0. The normalized spacial score (nSPS) is 24.4. The van der Waals surface area contributed by atoms with E-state index in [2.05, 4.69) is 5.32 Å². The summed E-state index contributed by atoms with van der Waals surface area (Å²) in [5.74, 6) is -0.852. The third-order valence-corrected chi connectivity index (χ3v) is 4.68. The van der Waals surface area contributed by atoms with Crippen LogP contribution >= 0.6 is 11.6 Å². The summed E-state index contributed by atoms with van der Waals surface area (Å²) in [4.78, 5) is 37.4. The zero-order chi connectivity index (χ0) is 15.9. The number of halogens is 1. The number of nitrogens with one attached hydrogen (secondary N) is 1. The molecule has 6 heteroatoms. The number of hydrogen-bond donors (Lipinski definition) is 1. The van der Waals surface area contributed by atoms with E-state index in [-0.39, 0.29) is 29.6 Å². The second-order valence-electron chi connectivity index (χ2n) is 5.85. The molecule has 1 saturated carbocycles. The second-order valence-corrected chi connectivity index (χ2v) is 6.26. The lowest BCUT2D eigenvalue weighted by atomic mass is 9.81. The largest absolute Gasteiger partial charge is 0.325 e. The van der Waals surface area contributed by atoms with Crippen molar-refractivity contribution < 1.29 is 14.4 Å². The van der Waals surface area contributed by atoms with Crippen molar-refractivity contribution in [1.82, 2.24) is 0 Å². The quantitative estimate of drug-likeness (QED) is 0.852. The van der Waals surface area contributed by atoms with Gasteiger partial charge in [0.05, 0.1) is 28.2 Å². The minimum atomic E-state index is -0.228. The van der Waals surface area contributed by atoms with Gasteiger partial charge in [-0.15, -0.1) is 0 Å². The highest BCUT2D eigenvalue weighted by Gasteiger charge is 2.48. The average molecular weight is 321 g/mol. The minimum absolute atomic E-state index is 0.127. The molecule has 2 atom stereocenters. The third kappa shape index (κ3) is 2.50. The number of carbonyl (C=O) groups excluding carboxylic acids is 3. The van der Waals surface area contributed by atoms with Gasteiger partial charge in [-0.25, -0.2) is 0 Å². The predicted octanol–water partition coefficient (Wildman–Crippen LogP) is 2.98. The van der Waals surface area contributed by atoms with Gasteiger partial charge in [-0.1, -0.05) is 24.4 Å². The molecule has 1 heterocycles. The molecule has 0 spiro atoms. The molecule has 22 heavy (non-hydrogen) atoms. The standard InChI is InChI=1S/C16H17ClN2O3/c1-9(20)18-14-7-6-10(8-13(14)17)19-15(21)11-4-2-3-5-12(11)16(19)22/h6-8,11-12H,2-5H2,1H3,(H,18,20)/t11-,12-/m1/s1. The Morgan fingerprint density at radius 2 is 1.77 bits per heavy atom. The first-order valence-electron chi connectivity index (χ1n) is 7.44. The number of amides is 3. The maximum Gasteiger partial charge on any atom is 0.237 e. The van der Waals surface area contributed by atoms with Crippen molar-refractivity contribution in [3.63, 3.8) is 0 Å². The molecule has 1 aliphatic carbocycles. The number of imide groups is 1. The number of nitrogens with zero attached hydrogens (tertiary/aromatic N) is 1. The molecule has 2 fully saturated rings. The Balaban J connectivity index is 1.90. The third-order valence-electron chi connectivity index (χ3n) is 4.36. The van der Waals surface area contributed by atoms with Gasteiger partial charge in [-0.05, 0) is 31.0 Å². The van der Waals surface area contributed by atoms with Gasteiger partial charge in [0.15, 0.2) is 0 Å². The van der Waals surface area contributed by atoms with Crippen LogP contribution in [-0.2, 0) is 14.4 Å². The first-order chi connectivity index (χ1) is 10.5. The van der Waals surface area contributed by atoms with E-state index in [0.717, 1.165) is 25.7 Å². The van der Waals surface area contributed by atoms with Gasteiger partial charge in [-0.3, -0.25) is 19.3 Å². The highest BCUT2D eigenvalue weighted by molar-refractivity contribution is 6.34.